The summed E-state index contributed by atoms with van der Waals surface area (Å²) >= 11 is 0. The second-order valence-electron chi connectivity index (χ2n) is 5.21. The molecule has 1 aromatic rings. The van der Waals surface area contributed by atoms with Crippen molar-refractivity contribution in [2.75, 3.05) is 6.54 Å². The first kappa shape index (κ1) is 17.7. The molecule has 0 radical (unpaired) electrons. The van der Waals surface area contributed by atoms with Crippen molar-refractivity contribution in [3.63, 3.8) is 0 Å². The van der Waals surface area contributed by atoms with Gasteiger partial charge in [-0.2, -0.15) is 13.2 Å². The number of hydrogen-bond donors (Lipinski definition) is 1. The Labute approximate surface area is 123 Å². The highest BCUT2D eigenvalue weighted by Crippen LogP contribution is 2.34. The van der Waals surface area contributed by atoms with Crippen molar-refractivity contribution < 1.29 is 17.6 Å². The van der Waals surface area contributed by atoms with Gasteiger partial charge in [-0.05, 0) is 38.8 Å². The van der Waals surface area contributed by atoms with Crippen LogP contribution in [0.3, 0.4) is 0 Å². The van der Waals surface area contributed by atoms with E-state index < -0.39 is 23.6 Å². The van der Waals surface area contributed by atoms with E-state index in [2.05, 4.69) is 11.9 Å². The minimum Gasteiger partial charge on any atom is -0.310 e. The smallest absolute Gasteiger partial charge is 0.310 e. The Balaban J connectivity index is 3.08. The largest absolute Gasteiger partial charge is 0.419 e. The zero-order valence-corrected chi connectivity index (χ0v) is 12.4. The average Bonchev–Trinajstić information content (AvgIpc) is 2.38. The van der Waals surface area contributed by atoms with E-state index in [1.807, 2.05) is 13.8 Å². The highest BCUT2D eigenvalue weighted by Gasteiger charge is 2.35. The Kier molecular flexibility index (Phi) is 6.40. The summed E-state index contributed by atoms with van der Waals surface area (Å²) in [5.74, 6) is -1.18. The lowest BCUT2D eigenvalue weighted by Crippen LogP contribution is -2.24. The van der Waals surface area contributed by atoms with Crippen molar-refractivity contribution in [1.29, 1.82) is 0 Å². The quantitative estimate of drug-likeness (QED) is 0.536. The molecule has 1 atom stereocenters. The van der Waals surface area contributed by atoms with Crippen LogP contribution in [0.25, 0.3) is 0 Å². The summed E-state index contributed by atoms with van der Waals surface area (Å²) in [5.41, 5.74) is -0.219. The van der Waals surface area contributed by atoms with Crippen molar-refractivity contribution >= 4 is 0 Å². The van der Waals surface area contributed by atoms with E-state index in [1.54, 1.807) is 0 Å². The molecule has 0 heterocycles. The van der Waals surface area contributed by atoms with Gasteiger partial charge >= 0.3 is 6.18 Å². The first-order chi connectivity index (χ1) is 9.77. The van der Waals surface area contributed by atoms with E-state index in [-0.39, 0.29) is 5.56 Å². The Bertz CT molecular complexity index is 480. The highest BCUT2D eigenvalue weighted by atomic mass is 19.4. The van der Waals surface area contributed by atoms with Gasteiger partial charge in [0.15, 0.2) is 0 Å². The summed E-state index contributed by atoms with van der Waals surface area (Å²) in [6, 6.07) is 3.00. The molecular weight excluding hydrogens is 282 g/mol. The molecule has 1 aromatic carbocycles. The van der Waals surface area contributed by atoms with Crippen molar-refractivity contribution in [3.05, 3.63) is 47.3 Å². The third-order valence-corrected chi connectivity index (χ3v) is 3.21. The molecule has 0 saturated carbocycles. The monoisotopic (exact) mass is 303 g/mol. The Morgan fingerprint density at radius 3 is 2.52 bits per heavy atom. The second-order valence-corrected chi connectivity index (χ2v) is 5.21. The lowest BCUT2D eigenvalue weighted by Gasteiger charge is -2.21. The van der Waals surface area contributed by atoms with Crippen LogP contribution in [0.2, 0.25) is 0 Å². The Hall–Kier alpha value is -1.36. The molecule has 0 aliphatic rings. The van der Waals surface area contributed by atoms with Gasteiger partial charge in [-0.25, -0.2) is 4.39 Å². The van der Waals surface area contributed by atoms with Crippen LogP contribution in [-0.2, 0) is 6.18 Å². The fourth-order valence-electron chi connectivity index (χ4n) is 2.11. The molecule has 1 nitrogen and oxygen atoms in total. The van der Waals surface area contributed by atoms with E-state index in [0.717, 1.165) is 18.1 Å². The first-order valence-corrected chi connectivity index (χ1v) is 7.00. The molecule has 0 aliphatic carbocycles. The topological polar surface area (TPSA) is 12.0 Å². The minimum absolute atomic E-state index is 0.0690. The molecule has 1 rings (SSSR count). The number of allylic oxidation sites excluding steroid dienone is 1. The van der Waals surface area contributed by atoms with Gasteiger partial charge in [0.05, 0.1) is 5.56 Å². The molecule has 0 fully saturated rings. The molecule has 0 aromatic heterocycles. The van der Waals surface area contributed by atoms with Crippen molar-refractivity contribution in [2.45, 2.75) is 45.3 Å². The maximum atomic E-state index is 14.2. The maximum Gasteiger partial charge on any atom is 0.419 e. The van der Waals surface area contributed by atoms with Gasteiger partial charge in [-0.1, -0.05) is 24.6 Å². The molecule has 0 bridgehead atoms. The van der Waals surface area contributed by atoms with Crippen LogP contribution < -0.4 is 5.32 Å². The molecule has 1 unspecified atom stereocenters. The number of rotatable bonds is 7. The van der Waals surface area contributed by atoms with Crippen LogP contribution in [-0.4, -0.2) is 6.54 Å². The summed E-state index contributed by atoms with van der Waals surface area (Å²) in [6.45, 7) is 8.20. The van der Waals surface area contributed by atoms with Gasteiger partial charge in [0.25, 0.3) is 0 Å². The summed E-state index contributed by atoms with van der Waals surface area (Å²) in [7, 11) is 0. The lowest BCUT2D eigenvalue weighted by molar-refractivity contribution is -0.140. The number of halogens is 4. The Morgan fingerprint density at radius 2 is 2.00 bits per heavy atom. The third kappa shape index (κ3) is 5.16. The molecule has 1 N–H and O–H groups in total. The predicted octanol–water partition coefficient (Wildman–Crippen LogP) is 5.24. The van der Waals surface area contributed by atoms with Gasteiger partial charge in [-0.3, -0.25) is 0 Å². The van der Waals surface area contributed by atoms with E-state index in [9.17, 15) is 17.6 Å². The maximum absolute atomic E-state index is 14.2. The molecule has 118 valence electrons. The molecule has 21 heavy (non-hydrogen) atoms. The summed E-state index contributed by atoms with van der Waals surface area (Å²) in [6.07, 6.45) is -2.70. The zero-order chi connectivity index (χ0) is 16.0. The van der Waals surface area contributed by atoms with Crippen LogP contribution in [0.1, 0.15) is 50.3 Å². The summed E-state index contributed by atoms with van der Waals surface area (Å²) in [5, 5.41) is 3.11. The van der Waals surface area contributed by atoms with Crippen LogP contribution in [0, 0.1) is 5.82 Å². The molecule has 5 heteroatoms. The molecule has 0 saturated heterocycles. The second kappa shape index (κ2) is 7.59. The van der Waals surface area contributed by atoms with E-state index in [1.165, 1.54) is 12.1 Å². The van der Waals surface area contributed by atoms with Crippen molar-refractivity contribution in [2.24, 2.45) is 0 Å². The standard InChI is InChI=1S/C16H21F4N/c1-4-10-21-14(9-8-11(2)3)12-6-5-7-13(15(12)17)16(18,19)20/h5-7,14,21H,2,4,8-10H2,1,3H3. The predicted molar refractivity (Wildman–Crippen MR) is 76.5 cm³/mol. The van der Waals surface area contributed by atoms with Crippen molar-refractivity contribution in [3.8, 4) is 0 Å². The Morgan fingerprint density at radius 1 is 1.33 bits per heavy atom. The van der Waals surface area contributed by atoms with Gasteiger partial charge < -0.3 is 5.32 Å². The molecular formula is C16H21F4N. The third-order valence-electron chi connectivity index (χ3n) is 3.21. The first-order valence-electron chi connectivity index (χ1n) is 7.00. The summed E-state index contributed by atoms with van der Waals surface area (Å²) in [4.78, 5) is 0. The summed E-state index contributed by atoms with van der Waals surface area (Å²) < 4.78 is 52.5. The number of hydrogen-bond acceptors (Lipinski definition) is 1. The average molecular weight is 303 g/mol. The van der Waals surface area contributed by atoms with Gasteiger partial charge in [0, 0.05) is 11.6 Å². The fraction of sp³-hybridized carbons (Fsp3) is 0.500. The molecule has 0 amide bonds. The number of benzene rings is 1. The SMILES string of the molecule is C=C(C)CCC(NCCC)c1cccc(C(F)(F)F)c1F. The van der Waals surface area contributed by atoms with Gasteiger partial charge in [0.2, 0.25) is 0 Å². The van der Waals surface area contributed by atoms with E-state index >= 15 is 0 Å². The van der Waals surface area contributed by atoms with Gasteiger partial charge in [0.1, 0.15) is 5.82 Å². The van der Waals surface area contributed by atoms with Crippen molar-refractivity contribution in [1.82, 2.24) is 5.32 Å². The highest BCUT2D eigenvalue weighted by molar-refractivity contribution is 5.30. The lowest BCUT2D eigenvalue weighted by atomic mass is 9.97. The zero-order valence-electron chi connectivity index (χ0n) is 12.4. The van der Waals surface area contributed by atoms with Gasteiger partial charge in [-0.15, -0.1) is 6.58 Å². The fourth-order valence-corrected chi connectivity index (χ4v) is 2.11. The molecule has 0 spiro atoms. The van der Waals surface area contributed by atoms with Crippen LogP contribution in [0.4, 0.5) is 17.6 Å². The van der Waals surface area contributed by atoms with Crippen LogP contribution in [0.5, 0.6) is 0 Å². The normalized spacial score (nSPS) is 13.2. The van der Waals surface area contributed by atoms with E-state index in [0.29, 0.717) is 19.4 Å². The number of nitrogens with one attached hydrogen (secondary N) is 1. The number of alkyl halides is 3. The minimum atomic E-state index is -4.68. The van der Waals surface area contributed by atoms with Crippen LogP contribution >= 0.6 is 0 Å². The van der Waals surface area contributed by atoms with Crippen LogP contribution in [0.15, 0.2) is 30.4 Å². The molecule has 0 aliphatic heterocycles. The van der Waals surface area contributed by atoms with E-state index in [4.69, 9.17) is 0 Å².